The van der Waals surface area contributed by atoms with Gasteiger partial charge in [0.15, 0.2) is 5.75 Å². The molecule has 0 saturated carbocycles. The molecule has 1 heterocycles. The van der Waals surface area contributed by atoms with Gasteiger partial charge in [-0.25, -0.2) is 4.39 Å². The second-order valence-corrected chi connectivity index (χ2v) is 5.24. The van der Waals surface area contributed by atoms with Crippen LogP contribution in [0.15, 0.2) is 24.4 Å². The molecule has 0 aliphatic rings. The summed E-state index contributed by atoms with van der Waals surface area (Å²) in [6, 6.07) is 4.18. The molecule has 0 bridgehead atoms. The first-order valence-electron chi connectivity index (χ1n) is 6.86. The second-order valence-electron chi connectivity index (χ2n) is 4.83. The highest BCUT2D eigenvalue weighted by atomic mass is 35.5. The van der Waals surface area contributed by atoms with Crippen LogP contribution < -0.4 is 10.5 Å². The third kappa shape index (κ3) is 3.36. The molecule has 1 aromatic heterocycles. The van der Waals surface area contributed by atoms with Crippen LogP contribution in [0, 0.1) is 5.82 Å². The van der Waals surface area contributed by atoms with Crippen LogP contribution in [0.4, 0.5) is 4.39 Å². The zero-order valence-electron chi connectivity index (χ0n) is 12.1. The predicted molar refractivity (Wildman–Crippen MR) is 81.1 cm³/mol. The second kappa shape index (κ2) is 6.91. The molecule has 2 N–H and O–H groups in total. The van der Waals surface area contributed by atoms with Gasteiger partial charge < -0.3 is 10.5 Å². The van der Waals surface area contributed by atoms with Crippen molar-refractivity contribution in [2.24, 2.45) is 5.73 Å². The maximum Gasteiger partial charge on any atom is 0.161 e. The highest BCUT2D eigenvalue weighted by molar-refractivity contribution is 6.31. The molecule has 6 heteroatoms. The molecule has 4 nitrogen and oxygen atoms in total. The molecular formula is C15H19ClFN3O. The molecule has 114 valence electrons. The summed E-state index contributed by atoms with van der Waals surface area (Å²) in [7, 11) is 1.57. The third-order valence-electron chi connectivity index (χ3n) is 3.34. The van der Waals surface area contributed by atoms with Gasteiger partial charge in [0, 0.05) is 17.1 Å². The van der Waals surface area contributed by atoms with Gasteiger partial charge >= 0.3 is 0 Å². The standard InChI is InChI=1S/C15H19ClFN3O/c1-3-7-20-15(14(21-2)9-19-20)13(18)8-10-11(16)5-4-6-12(10)17/h4-6,9,13H,3,7-8,18H2,1-2H3. The number of halogens is 2. The van der Waals surface area contributed by atoms with Crippen LogP contribution in [0.1, 0.15) is 30.6 Å². The van der Waals surface area contributed by atoms with Crippen LogP contribution in [0.25, 0.3) is 0 Å². The number of rotatable bonds is 6. The Morgan fingerprint density at radius 2 is 2.24 bits per heavy atom. The van der Waals surface area contributed by atoms with Gasteiger partial charge in [0.25, 0.3) is 0 Å². The van der Waals surface area contributed by atoms with Gasteiger partial charge in [-0.2, -0.15) is 5.10 Å². The van der Waals surface area contributed by atoms with E-state index in [-0.39, 0.29) is 12.2 Å². The van der Waals surface area contributed by atoms with Crippen LogP contribution in [-0.4, -0.2) is 16.9 Å². The number of hydrogen-bond donors (Lipinski definition) is 1. The van der Waals surface area contributed by atoms with Crippen molar-refractivity contribution in [1.29, 1.82) is 0 Å². The Labute approximate surface area is 128 Å². The van der Waals surface area contributed by atoms with E-state index in [9.17, 15) is 4.39 Å². The molecular weight excluding hydrogens is 293 g/mol. The van der Waals surface area contributed by atoms with Crippen molar-refractivity contribution >= 4 is 11.6 Å². The number of aromatic nitrogens is 2. The molecule has 0 radical (unpaired) electrons. The first-order valence-corrected chi connectivity index (χ1v) is 7.24. The zero-order valence-corrected chi connectivity index (χ0v) is 12.9. The summed E-state index contributed by atoms with van der Waals surface area (Å²) in [5, 5.41) is 4.65. The Balaban J connectivity index is 2.31. The van der Waals surface area contributed by atoms with E-state index in [0.29, 0.717) is 16.3 Å². The van der Waals surface area contributed by atoms with Crippen LogP contribution in [0.5, 0.6) is 5.75 Å². The normalized spacial score (nSPS) is 12.4. The summed E-state index contributed by atoms with van der Waals surface area (Å²) >= 11 is 6.06. The molecule has 21 heavy (non-hydrogen) atoms. The van der Waals surface area contributed by atoms with Crippen molar-refractivity contribution in [3.63, 3.8) is 0 Å². The fraction of sp³-hybridized carbons (Fsp3) is 0.400. The van der Waals surface area contributed by atoms with Crippen molar-refractivity contribution < 1.29 is 9.13 Å². The lowest BCUT2D eigenvalue weighted by Gasteiger charge is -2.16. The molecule has 2 aromatic rings. The lowest BCUT2D eigenvalue weighted by molar-refractivity contribution is 0.399. The van der Waals surface area contributed by atoms with Gasteiger partial charge in [0.1, 0.15) is 5.82 Å². The minimum absolute atomic E-state index is 0.289. The molecule has 1 atom stereocenters. The number of hydrogen-bond acceptors (Lipinski definition) is 3. The molecule has 0 fully saturated rings. The minimum atomic E-state index is -0.441. The number of benzene rings is 1. The van der Waals surface area contributed by atoms with Crippen LogP contribution in [0.3, 0.4) is 0 Å². The number of aryl methyl sites for hydroxylation is 1. The van der Waals surface area contributed by atoms with Crippen LogP contribution in [-0.2, 0) is 13.0 Å². The van der Waals surface area contributed by atoms with E-state index >= 15 is 0 Å². The van der Waals surface area contributed by atoms with E-state index in [4.69, 9.17) is 22.1 Å². The summed E-state index contributed by atoms with van der Waals surface area (Å²) in [4.78, 5) is 0. The van der Waals surface area contributed by atoms with Gasteiger partial charge in [-0.15, -0.1) is 0 Å². The van der Waals surface area contributed by atoms with Crippen molar-refractivity contribution in [3.8, 4) is 5.75 Å². The third-order valence-corrected chi connectivity index (χ3v) is 3.69. The highest BCUT2D eigenvalue weighted by Gasteiger charge is 2.21. The molecule has 0 aliphatic heterocycles. The number of ether oxygens (including phenoxy) is 1. The first kappa shape index (κ1) is 15.8. The maximum atomic E-state index is 13.9. The monoisotopic (exact) mass is 311 g/mol. The Morgan fingerprint density at radius 3 is 2.86 bits per heavy atom. The zero-order chi connectivity index (χ0) is 15.4. The summed E-state index contributed by atoms with van der Waals surface area (Å²) in [6.45, 7) is 2.79. The van der Waals surface area contributed by atoms with Crippen LogP contribution in [0.2, 0.25) is 5.02 Å². The smallest absolute Gasteiger partial charge is 0.161 e. The lowest BCUT2D eigenvalue weighted by atomic mass is 10.0. The van der Waals surface area contributed by atoms with Gasteiger partial charge in [-0.1, -0.05) is 24.6 Å². The van der Waals surface area contributed by atoms with Gasteiger partial charge in [0.2, 0.25) is 0 Å². The highest BCUT2D eigenvalue weighted by Crippen LogP contribution is 2.29. The van der Waals surface area contributed by atoms with Gasteiger partial charge in [-0.05, 0) is 25.0 Å². The Bertz CT molecular complexity index is 595. The van der Waals surface area contributed by atoms with Crippen molar-refractivity contribution in [1.82, 2.24) is 9.78 Å². The molecule has 0 aliphatic carbocycles. The van der Waals surface area contributed by atoms with E-state index in [0.717, 1.165) is 18.7 Å². The Kier molecular flexibility index (Phi) is 5.20. The van der Waals surface area contributed by atoms with E-state index in [1.165, 1.54) is 6.07 Å². The van der Waals surface area contributed by atoms with Crippen molar-refractivity contribution in [2.75, 3.05) is 7.11 Å². The van der Waals surface area contributed by atoms with Crippen molar-refractivity contribution in [2.45, 2.75) is 32.4 Å². The van der Waals surface area contributed by atoms with Gasteiger partial charge in [0.05, 0.1) is 25.0 Å². The predicted octanol–water partition coefficient (Wildman–Crippen LogP) is 3.34. The van der Waals surface area contributed by atoms with E-state index in [2.05, 4.69) is 12.0 Å². The average molecular weight is 312 g/mol. The van der Waals surface area contributed by atoms with E-state index < -0.39 is 6.04 Å². The van der Waals surface area contributed by atoms with E-state index in [1.807, 2.05) is 0 Å². The quantitative estimate of drug-likeness (QED) is 0.890. The molecule has 2 rings (SSSR count). The molecule has 1 aromatic carbocycles. The summed E-state index contributed by atoms with van der Waals surface area (Å²) in [5.41, 5.74) is 7.43. The topological polar surface area (TPSA) is 53.1 Å². The molecule has 0 spiro atoms. The van der Waals surface area contributed by atoms with Crippen LogP contribution >= 0.6 is 11.6 Å². The fourth-order valence-electron chi connectivity index (χ4n) is 2.34. The summed E-state index contributed by atoms with van der Waals surface area (Å²) in [5.74, 6) is 0.266. The molecule has 1 unspecified atom stereocenters. The Morgan fingerprint density at radius 1 is 1.48 bits per heavy atom. The van der Waals surface area contributed by atoms with Gasteiger partial charge in [-0.3, -0.25) is 4.68 Å². The molecule has 0 amide bonds. The largest absolute Gasteiger partial charge is 0.493 e. The lowest BCUT2D eigenvalue weighted by Crippen LogP contribution is -2.20. The van der Waals surface area contributed by atoms with E-state index in [1.54, 1.807) is 30.1 Å². The number of methoxy groups -OCH3 is 1. The SMILES string of the molecule is CCCn1ncc(OC)c1C(N)Cc1c(F)cccc1Cl. The molecule has 0 saturated heterocycles. The maximum absolute atomic E-state index is 13.9. The summed E-state index contributed by atoms with van der Waals surface area (Å²) in [6.07, 6.45) is 2.84. The summed E-state index contributed by atoms with van der Waals surface area (Å²) < 4.78 is 21.0. The average Bonchev–Trinajstić information content (AvgIpc) is 2.86. The van der Waals surface area contributed by atoms with Crippen molar-refractivity contribution in [3.05, 3.63) is 46.5 Å². The number of nitrogens with zero attached hydrogens (tertiary/aromatic N) is 2. The fourth-order valence-corrected chi connectivity index (χ4v) is 2.58. The minimum Gasteiger partial charge on any atom is -0.493 e. The first-order chi connectivity index (χ1) is 10.1. The Hall–Kier alpha value is -1.59. The number of nitrogens with two attached hydrogens (primary N) is 1.